The Bertz CT molecular complexity index is 391. The van der Waals surface area contributed by atoms with Crippen LogP contribution in [-0.4, -0.2) is 18.4 Å². The summed E-state index contributed by atoms with van der Waals surface area (Å²) in [5.74, 6) is 1.66. The number of ketones is 1. The van der Waals surface area contributed by atoms with E-state index in [1.165, 1.54) is 19.3 Å². The molecule has 0 saturated heterocycles. The van der Waals surface area contributed by atoms with E-state index >= 15 is 0 Å². The fraction of sp³-hybridized carbons (Fsp3) is 0.889. The van der Waals surface area contributed by atoms with Gasteiger partial charge in [0.05, 0.1) is 6.61 Å². The average molecular weight is 292 g/mol. The number of esters is 1. The fourth-order valence-corrected chi connectivity index (χ4v) is 5.67. The van der Waals surface area contributed by atoms with Gasteiger partial charge in [0, 0.05) is 5.41 Å². The number of Topliss-reactive ketones (excluding diaryl/α,β-unsaturated/α-hetero) is 1. The minimum atomic E-state index is -0.508. The summed E-state index contributed by atoms with van der Waals surface area (Å²) in [4.78, 5) is 25.4. The van der Waals surface area contributed by atoms with Crippen molar-refractivity contribution in [1.29, 1.82) is 0 Å². The van der Waals surface area contributed by atoms with Gasteiger partial charge in [-0.25, -0.2) is 0 Å². The van der Waals surface area contributed by atoms with Gasteiger partial charge in [-0.1, -0.05) is 13.3 Å². The van der Waals surface area contributed by atoms with Crippen molar-refractivity contribution in [2.75, 3.05) is 6.61 Å². The number of rotatable bonds is 6. The second kappa shape index (κ2) is 5.73. The van der Waals surface area contributed by atoms with Crippen LogP contribution in [0.15, 0.2) is 0 Å². The first-order chi connectivity index (χ1) is 10.1. The zero-order chi connectivity index (χ0) is 15.0. The molecular formula is C18H28O3. The standard InChI is InChI=1S/C18H28O3/c1-3-5-15(17(20)21-4-2)16(19)18-9-12-6-13(10-18)8-14(7-12)11-18/h12-15H,3-11H2,1-2H3. The Hall–Kier alpha value is -0.860. The third-order valence-corrected chi connectivity index (χ3v) is 6.03. The van der Waals surface area contributed by atoms with E-state index in [2.05, 4.69) is 0 Å². The van der Waals surface area contributed by atoms with Gasteiger partial charge in [-0.2, -0.15) is 0 Å². The molecule has 4 bridgehead atoms. The summed E-state index contributed by atoms with van der Waals surface area (Å²) in [5, 5.41) is 0. The van der Waals surface area contributed by atoms with Crippen LogP contribution >= 0.6 is 0 Å². The molecule has 0 aromatic carbocycles. The maximum atomic E-state index is 13.2. The Balaban J connectivity index is 1.80. The Morgan fingerprint density at radius 3 is 2.00 bits per heavy atom. The molecule has 1 atom stereocenters. The minimum absolute atomic E-state index is 0.179. The van der Waals surface area contributed by atoms with E-state index in [0.29, 0.717) is 13.0 Å². The van der Waals surface area contributed by atoms with Gasteiger partial charge >= 0.3 is 5.97 Å². The zero-order valence-electron chi connectivity index (χ0n) is 13.4. The van der Waals surface area contributed by atoms with Crippen molar-refractivity contribution in [2.24, 2.45) is 29.1 Å². The lowest BCUT2D eigenvalue weighted by molar-refractivity contribution is -0.161. The van der Waals surface area contributed by atoms with Crippen molar-refractivity contribution in [3.05, 3.63) is 0 Å². The summed E-state index contributed by atoms with van der Waals surface area (Å²) in [6.07, 6.45) is 8.60. The van der Waals surface area contributed by atoms with E-state index in [-0.39, 0.29) is 17.2 Å². The van der Waals surface area contributed by atoms with Gasteiger partial charge in [0.25, 0.3) is 0 Å². The summed E-state index contributed by atoms with van der Waals surface area (Å²) in [6.45, 7) is 4.22. The maximum Gasteiger partial charge on any atom is 0.316 e. The molecule has 0 aromatic rings. The van der Waals surface area contributed by atoms with Crippen LogP contribution in [0, 0.1) is 29.1 Å². The molecule has 118 valence electrons. The summed E-state index contributed by atoms with van der Waals surface area (Å²) in [7, 11) is 0. The number of carbonyl (C=O) groups is 2. The highest BCUT2D eigenvalue weighted by atomic mass is 16.5. The van der Waals surface area contributed by atoms with Gasteiger partial charge in [0.1, 0.15) is 5.92 Å². The highest BCUT2D eigenvalue weighted by Crippen LogP contribution is 2.61. The smallest absolute Gasteiger partial charge is 0.316 e. The van der Waals surface area contributed by atoms with Crippen LogP contribution in [0.25, 0.3) is 0 Å². The van der Waals surface area contributed by atoms with Crippen LogP contribution < -0.4 is 0 Å². The van der Waals surface area contributed by atoms with E-state index in [1.807, 2.05) is 13.8 Å². The van der Waals surface area contributed by atoms with Crippen LogP contribution in [0.2, 0.25) is 0 Å². The first kappa shape index (κ1) is 15.1. The molecule has 4 aliphatic rings. The molecule has 3 heteroatoms. The van der Waals surface area contributed by atoms with Crippen molar-refractivity contribution in [3.8, 4) is 0 Å². The molecule has 0 aliphatic heterocycles. The highest BCUT2D eigenvalue weighted by Gasteiger charge is 2.56. The predicted molar refractivity (Wildman–Crippen MR) is 80.6 cm³/mol. The van der Waals surface area contributed by atoms with E-state index in [0.717, 1.165) is 43.4 Å². The van der Waals surface area contributed by atoms with Crippen molar-refractivity contribution >= 4 is 11.8 Å². The molecule has 0 radical (unpaired) electrons. The van der Waals surface area contributed by atoms with Crippen LogP contribution in [0.3, 0.4) is 0 Å². The average Bonchev–Trinajstić information content (AvgIpc) is 2.42. The molecule has 4 aliphatic carbocycles. The Labute approximate surface area is 127 Å². The Morgan fingerprint density at radius 1 is 1.05 bits per heavy atom. The monoisotopic (exact) mass is 292 g/mol. The third-order valence-electron chi connectivity index (χ3n) is 6.03. The van der Waals surface area contributed by atoms with Gasteiger partial charge in [-0.3, -0.25) is 9.59 Å². The molecule has 4 rings (SSSR count). The number of hydrogen-bond acceptors (Lipinski definition) is 3. The van der Waals surface area contributed by atoms with Crippen LogP contribution in [-0.2, 0) is 14.3 Å². The largest absolute Gasteiger partial charge is 0.465 e. The summed E-state index contributed by atoms with van der Waals surface area (Å²) in [6, 6.07) is 0. The van der Waals surface area contributed by atoms with Crippen LogP contribution in [0.1, 0.15) is 65.2 Å². The topological polar surface area (TPSA) is 43.4 Å². The molecule has 0 heterocycles. The van der Waals surface area contributed by atoms with Gasteiger partial charge < -0.3 is 4.74 Å². The summed E-state index contributed by atoms with van der Waals surface area (Å²) >= 11 is 0. The zero-order valence-corrected chi connectivity index (χ0v) is 13.4. The summed E-state index contributed by atoms with van der Waals surface area (Å²) < 4.78 is 5.18. The molecule has 21 heavy (non-hydrogen) atoms. The molecule has 0 amide bonds. The van der Waals surface area contributed by atoms with E-state index < -0.39 is 5.92 Å². The molecule has 4 fully saturated rings. The molecular weight excluding hydrogens is 264 g/mol. The van der Waals surface area contributed by atoms with Gasteiger partial charge in [-0.05, 0) is 69.6 Å². The van der Waals surface area contributed by atoms with E-state index in [9.17, 15) is 9.59 Å². The molecule has 0 spiro atoms. The first-order valence-electron chi connectivity index (χ1n) is 8.79. The molecule has 4 saturated carbocycles. The maximum absolute atomic E-state index is 13.2. The second-order valence-corrected chi connectivity index (χ2v) is 7.66. The second-order valence-electron chi connectivity index (χ2n) is 7.66. The lowest BCUT2D eigenvalue weighted by Gasteiger charge is -2.56. The van der Waals surface area contributed by atoms with E-state index in [4.69, 9.17) is 4.74 Å². The van der Waals surface area contributed by atoms with Crippen LogP contribution in [0.5, 0.6) is 0 Å². The lowest BCUT2D eigenvalue weighted by Crippen LogP contribution is -2.52. The van der Waals surface area contributed by atoms with Crippen LogP contribution in [0.4, 0.5) is 0 Å². The van der Waals surface area contributed by atoms with Gasteiger partial charge in [0.2, 0.25) is 0 Å². The van der Waals surface area contributed by atoms with Crippen molar-refractivity contribution in [2.45, 2.75) is 65.2 Å². The number of carbonyl (C=O) groups excluding carboxylic acids is 2. The fourth-order valence-electron chi connectivity index (χ4n) is 5.67. The van der Waals surface area contributed by atoms with Crippen molar-refractivity contribution in [1.82, 2.24) is 0 Å². The Kier molecular flexibility index (Phi) is 4.11. The quantitative estimate of drug-likeness (QED) is 0.553. The lowest BCUT2D eigenvalue weighted by atomic mass is 9.47. The summed E-state index contributed by atoms with van der Waals surface area (Å²) in [5.41, 5.74) is -0.179. The normalized spacial score (nSPS) is 38.3. The SMILES string of the molecule is CCCC(C(=O)OCC)C(=O)C12CC3CC(CC(C3)C1)C2. The minimum Gasteiger partial charge on any atom is -0.465 e. The molecule has 0 aromatic heterocycles. The third kappa shape index (κ3) is 2.64. The molecule has 3 nitrogen and oxygen atoms in total. The van der Waals surface area contributed by atoms with Crippen molar-refractivity contribution in [3.63, 3.8) is 0 Å². The Morgan fingerprint density at radius 2 is 1.57 bits per heavy atom. The van der Waals surface area contributed by atoms with E-state index in [1.54, 1.807) is 0 Å². The predicted octanol–water partition coefficient (Wildman–Crippen LogP) is 3.75. The molecule has 1 unspecified atom stereocenters. The van der Waals surface area contributed by atoms with Gasteiger partial charge in [-0.15, -0.1) is 0 Å². The molecule has 0 N–H and O–H groups in total. The highest BCUT2D eigenvalue weighted by molar-refractivity contribution is 6.02. The van der Waals surface area contributed by atoms with Crippen molar-refractivity contribution < 1.29 is 14.3 Å². The number of hydrogen-bond donors (Lipinski definition) is 0. The first-order valence-corrected chi connectivity index (χ1v) is 8.79. The van der Waals surface area contributed by atoms with Gasteiger partial charge in [0.15, 0.2) is 5.78 Å². The number of ether oxygens (including phenoxy) is 1.